The van der Waals surface area contributed by atoms with Gasteiger partial charge in [-0.25, -0.2) is 17.5 Å². The van der Waals surface area contributed by atoms with E-state index in [1.54, 1.807) is 0 Å². The number of carbonyl (C=O) groups excluding carboxylic acids is 1. The Balaban J connectivity index is 1.46. The van der Waals surface area contributed by atoms with E-state index in [-0.39, 0.29) is 42.0 Å². The molecule has 0 radical (unpaired) electrons. The topological polar surface area (TPSA) is 105 Å². The minimum absolute atomic E-state index is 0.00421. The molecule has 1 aromatic carbocycles. The van der Waals surface area contributed by atoms with E-state index < -0.39 is 21.9 Å². The van der Waals surface area contributed by atoms with Crippen molar-refractivity contribution in [3.05, 3.63) is 30.1 Å². The molecule has 1 heterocycles. The van der Waals surface area contributed by atoms with Crippen molar-refractivity contribution < 1.29 is 27.4 Å². The number of hydrogen-bond acceptors (Lipinski definition) is 5. The Hall–Kier alpha value is -1.55. The van der Waals surface area contributed by atoms with E-state index in [0.717, 1.165) is 25.0 Å². The number of nitrogens with one attached hydrogen (secondary N) is 2. The highest BCUT2D eigenvalue weighted by molar-refractivity contribution is 7.89. The molecule has 9 heteroatoms. The molecule has 1 saturated heterocycles. The molecule has 0 aromatic heterocycles. The van der Waals surface area contributed by atoms with Crippen molar-refractivity contribution in [3.63, 3.8) is 0 Å². The van der Waals surface area contributed by atoms with Crippen LogP contribution in [0.2, 0.25) is 0 Å². The average molecular weight is 400 g/mol. The number of benzene rings is 1. The Kier molecular flexibility index (Phi) is 6.46. The molecular weight excluding hydrogens is 375 g/mol. The molecule has 0 unspecified atom stereocenters. The normalized spacial score (nSPS) is 25.9. The van der Waals surface area contributed by atoms with Crippen molar-refractivity contribution in [3.8, 4) is 0 Å². The number of halogens is 1. The molecule has 1 aliphatic heterocycles. The van der Waals surface area contributed by atoms with Crippen molar-refractivity contribution >= 4 is 15.9 Å². The van der Waals surface area contributed by atoms with Gasteiger partial charge in [-0.05, 0) is 56.4 Å². The first-order valence-electron chi connectivity index (χ1n) is 9.21. The van der Waals surface area contributed by atoms with Gasteiger partial charge in [0.15, 0.2) is 0 Å². The zero-order chi connectivity index (χ0) is 19.4. The molecule has 27 heavy (non-hydrogen) atoms. The average Bonchev–Trinajstić information content (AvgIpc) is 3.48. The quantitative estimate of drug-likeness (QED) is 0.602. The van der Waals surface area contributed by atoms with Crippen molar-refractivity contribution in [2.75, 3.05) is 13.2 Å². The maximum atomic E-state index is 12.9. The first-order valence-corrected chi connectivity index (χ1v) is 10.7. The molecule has 2 aliphatic rings. The summed E-state index contributed by atoms with van der Waals surface area (Å²) in [7, 11) is -3.70. The Morgan fingerprint density at radius 1 is 1.19 bits per heavy atom. The molecule has 3 rings (SSSR count). The zero-order valence-corrected chi connectivity index (χ0v) is 15.8. The fourth-order valence-corrected chi connectivity index (χ4v) is 4.25. The first kappa shape index (κ1) is 20.2. The lowest BCUT2D eigenvalue weighted by Gasteiger charge is -2.36. The van der Waals surface area contributed by atoms with Crippen LogP contribution in [0.15, 0.2) is 29.2 Å². The number of amides is 1. The van der Waals surface area contributed by atoms with Crippen molar-refractivity contribution in [2.45, 2.75) is 55.2 Å². The SMILES string of the molecule is O=C(N[C@H]1CC[C@@H](CCNS(=O)(=O)c2ccc(F)cc2)O[C@@H]1CO)C1CC1. The van der Waals surface area contributed by atoms with E-state index in [2.05, 4.69) is 10.0 Å². The summed E-state index contributed by atoms with van der Waals surface area (Å²) in [6, 6.07) is 4.41. The zero-order valence-electron chi connectivity index (χ0n) is 14.9. The Bertz CT molecular complexity index is 752. The van der Waals surface area contributed by atoms with Crippen LogP contribution in [-0.4, -0.2) is 50.8 Å². The van der Waals surface area contributed by atoms with Gasteiger partial charge in [-0.2, -0.15) is 0 Å². The van der Waals surface area contributed by atoms with Crippen molar-refractivity contribution in [1.29, 1.82) is 0 Å². The number of sulfonamides is 1. The molecule has 7 nitrogen and oxygen atoms in total. The van der Waals surface area contributed by atoms with Gasteiger partial charge in [0.1, 0.15) is 11.9 Å². The minimum Gasteiger partial charge on any atom is -0.394 e. The lowest BCUT2D eigenvalue weighted by Crippen LogP contribution is -2.51. The maximum absolute atomic E-state index is 12.9. The summed E-state index contributed by atoms with van der Waals surface area (Å²) in [5.74, 6) is -0.376. The third-order valence-corrected chi connectivity index (χ3v) is 6.43. The van der Waals surface area contributed by atoms with Crippen LogP contribution in [0.4, 0.5) is 4.39 Å². The van der Waals surface area contributed by atoms with E-state index in [1.165, 1.54) is 12.1 Å². The number of aliphatic hydroxyl groups is 1. The summed E-state index contributed by atoms with van der Waals surface area (Å²) in [6.07, 6.45) is 2.94. The molecule has 0 spiro atoms. The van der Waals surface area contributed by atoms with Gasteiger partial charge in [0, 0.05) is 12.5 Å². The molecule has 2 fully saturated rings. The standard InChI is InChI=1S/C18H25FN2O5S/c19-13-3-6-15(7-4-13)27(24,25)20-10-9-14-5-8-16(17(11-22)26-14)21-18(23)12-1-2-12/h3-4,6-7,12,14,16-17,20,22H,1-2,5,8-11H2,(H,21,23)/t14-,16-,17+/m0/s1. The van der Waals surface area contributed by atoms with Crippen LogP contribution in [0.5, 0.6) is 0 Å². The third kappa shape index (κ3) is 5.47. The van der Waals surface area contributed by atoms with E-state index in [9.17, 15) is 22.7 Å². The van der Waals surface area contributed by atoms with E-state index >= 15 is 0 Å². The Morgan fingerprint density at radius 3 is 2.52 bits per heavy atom. The Labute approximate surface area is 158 Å². The molecule has 1 saturated carbocycles. The predicted molar refractivity (Wildman–Crippen MR) is 95.8 cm³/mol. The monoisotopic (exact) mass is 400 g/mol. The van der Waals surface area contributed by atoms with E-state index in [4.69, 9.17) is 4.74 Å². The molecule has 3 N–H and O–H groups in total. The largest absolute Gasteiger partial charge is 0.394 e. The summed E-state index contributed by atoms with van der Waals surface area (Å²) in [5.41, 5.74) is 0. The second kappa shape index (κ2) is 8.64. The predicted octanol–water partition coefficient (Wildman–Crippen LogP) is 0.929. The molecule has 0 bridgehead atoms. The fourth-order valence-electron chi connectivity index (χ4n) is 3.21. The van der Waals surface area contributed by atoms with Crippen LogP contribution in [0.25, 0.3) is 0 Å². The molecular formula is C18H25FN2O5S. The summed E-state index contributed by atoms with van der Waals surface area (Å²) in [6.45, 7) is -0.0327. The number of rotatable bonds is 8. The van der Waals surface area contributed by atoms with Gasteiger partial charge in [0.05, 0.1) is 23.6 Å². The van der Waals surface area contributed by atoms with Crippen LogP contribution in [0, 0.1) is 11.7 Å². The van der Waals surface area contributed by atoms with Gasteiger partial charge in [-0.1, -0.05) is 0 Å². The maximum Gasteiger partial charge on any atom is 0.240 e. The highest BCUT2D eigenvalue weighted by Crippen LogP contribution is 2.30. The smallest absolute Gasteiger partial charge is 0.240 e. The number of hydrogen-bond donors (Lipinski definition) is 3. The van der Waals surface area contributed by atoms with E-state index in [0.29, 0.717) is 19.3 Å². The summed E-state index contributed by atoms with van der Waals surface area (Å²) >= 11 is 0. The van der Waals surface area contributed by atoms with Gasteiger partial charge >= 0.3 is 0 Å². The molecule has 1 amide bonds. The van der Waals surface area contributed by atoms with Crippen molar-refractivity contribution in [2.24, 2.45) is 5.92 Å². The summed E-state index contributed by atoms with van der Waals surface area (Å²) in [4.78, 5) is 11.9. The van der Waals surface area contributed by atoms with Crippen LogP contribution in [-0.2, 0) is 19.6 Å². The molecule has 3 atom stereocenters. The first-order chi connectivity index (χ1) is 12.9. The van der Waals surface area contributed by atoms with Crippen molar-refractivity contribution in [1.82, 2.24) is 10.0 Å². The van der Waals surface area contributed by atoms with Gasteiger partial charge in [-0.3, -0.25) is 4.79 Å². The van der Waals surface area contributed by atoms with E-state index in [1.807, 2.05) is 0 Å². The molecule has 1 aliphatic carbocycles. The van der Waals surface area contributed by atoms with Gasteiger partial charge in [0.25, 0.3) is 0 Å². The minimum atomic E-state index is -3.70. The second-order valence-corrected chi connectivity index (χ2v) is 8.85. The lowest BCUT2D eigenvalue weighted by atomic mass is 9.97. The van der Waals surface area contributed by atoms with Gasteiger partial charge in [0.2, 0.25) is 15.9 Å². The summed E-state index contributed by atoms with van der Waals surface area (Å²) in [5, 5.41) is 12.5. The molecule has 150 valence electrons. The van der Waals surface area contributed by atoms with Crippen LogP contribution < -0.4 is 10.0 Å². The third-order valence-electron chi connectivity index (χ3n) is 4.95. The van der Waals surface area contributed by atoms with Gasteiger partial charge in [-0.15, -0.1) is 0 Å². The highest BCUT2D eigenvalue weighted by atomic mass is 32.2. The molecule has 1 aromatic rings. The number of aliphatic hydroxyl groups excluding tert-OH is 1. The second-order valence-electron chi connectivity index (χ2n) is 7.09. The number of ether oxygens (including phenoxy) is 1. The van der Waals surface area contributed by atoms with Crippen LogP contribution in [0.3, 0.4) is 0 Å². The number of carbonyl (C=O) groups is 1. The highest BCUT2D eigenvalue weighted by Gasteiger charge is 2.36. The fraction of sp³-hybridized carbons (Fsp3) is 0.611. The van der Waals surface area contributed by atoms with Crippen LogP contribution in [0.1, 0.15) is 32.1 Å². The van der Waals surface area contributed by atoms with Gasteiger partial charge < -0.3 is 15.2 Å². The lowest BCUT2D eigenvalue weighted by molar-refractivity contribution is -0.129. The van der Waals surface area contributed by atoms with Crippen LogP contribution >= 0.6 is 0 Å². The summed E-state index contributed by atoms with van der Waals surface area (Å²) < 4.78 is 45.6. The Morgan fingerprint density at radius 2 is 1.89 bits per heavy atom.